The maximum atomic E-state index is 10.4. The SMILES string of the molecule is CC(CNC(N)=O)c1nccs1. The molecule has 0 aliphatic heterocycles. The van der Waals surface area contributed by atoms with Crippen molar-refractivity contribution in [3.05, 3.63) is 16.6 Å². The zero-order valence-electron chi connectivity index (χ0n) is 6.78. The van der Waals surface area contributed by atoms with Crippen molar-refractivity contribution in [3.8, 4) is 0 Å². The van der Waals surface area contributed by atoms with Crippen molar-refractivity contribution < 1.29 is 4.79 Å². The van der Waals surface area contributed by atoms with Crippen LogP contribution in [0.5, 0.6) is 0 Å². The van der Waals surface area contributed by atoms with Crippen LogP contribution in [0.1, 0.15) is 17.8 Å². The molecule has 0 aromatic carbocycles. The minimum absolute atomic E-state index is 0.234. The van der Waals surface area contributed by atoms with Crippen LogP contribution in [0.15, 0.2) is 11.6 Å². The van der Waals surface area contributed by atoms with E-state index in [1.165, 1.54) is 0 Å². The summed E-state index contributed by atoms with van der Waals surface area (Å²) < 4.78 is 0. The molecule has 0 radical (unpaired) electrons. The van der Waals surface area contributed by atoms with Gasteiger partial charge in [-0.15, -0.1) is 11.3 Å². The highest BCUT2D eigenvalue weighted by atomic mass is 32.1. The van der Waals surface area contributed by atoms with Gasteiger partial charge in [0, 0.05) is 24.0 Å². The molecule has 2 amide bonds. The van der Waals surface area contributed by atoms with Gasteiger partial charge in [0.2, 0.25) is 0 Å². The van der Waals surface area contributed by atoms with Gasteiger partial charge < -0.3 is 11.1 Å². The largest absolute Gasteiger partial charge is 0.352 e. The quantitative estimate of drug-likeness (QED) is 0.735. The first-order chi connectivity index (χ1) is 5.70. The molecule has 12 heavy (non-hydrogen) atoms. The number of primary amides is 1. The number of carbonyl (C=O) groups is 1. The molecule has 0 saturated heterocycles. The van der Waals surface area contributed by atoms with Gasteiger partial charge in [-0.2, -0.15) is 0 Å². The third kappa shape index (κ3) is 2.50. The maximum absolute atomic E-state index is 10.4. The first kappa shape index (κ1) is 8.99. The fourth-order valence-corrected chi connectivity index (χ4v) is 1.52. The zero-order valence-corrected chi connectivity index (χ0v) is 7.60. The Labute approximate surface area is 74.8 Å². The molecule has 1 aromatic rings. The molecule has 1 aromatic heterocycles. The summed E-state index contributed by atoms with van der Waals surface area (Å²) >= 11 is 1.58. The number of aromatic nitrogens is 1. The first-order valence-corrected chi connectivity index (χ1v) is 4.51. The van der Waals surface area contributed by atoms with Crippen molar-refractivity contribution in [1.29, 1.82) is 0 Å². The summed E-state index contributed by atoms with van der Waals surface area (Å²) in [5.41, 5.74) is 4.93. The maximum Gasteiger partial charge on any atom is 0.312 e. The average Bonchev–Trinajstić information content (AvgIpc) is 2.51. The Kier molecular flexibility index (Phi) is 3.04. The summed E-state index contributed by atoms with van der Waals surface area (Å²) in [4.78, 5) is 14.5. The van der Waals surface area contributed by atoms with Gasteiger partial charge in [0.05, 0.1) is 5.01 Å². The van der Waals surface area contributed by atoms with E-state index in [2.05, 4.69) is 10.3 Å². The number of nitrogens with one attached hydrogen (secondary N) is 1. The predicted molar refractivity (Wildman–Crippen MR) is 48.1 cm³/mol. The number of amides is 2. The second kappa shape index (κ2) is 4.06. The van der Waals surface area contributed by atoms with E-state index in [1.54, 1.807) is 17.5 Å². The van der Waals surface area contributed by atoms with E-state index in [1.807, 2.05) is 12.3 Å². The second-order valence-electron chi connectivity index (χ2n) is 2.52. The molecule has 0 aliphatic carbocycles. The van der Waals surface area contributed by atoms with Crippen molar-refractivity contribution in [3.63, 3.8) is 0 Å². The van der Waals surface area contributed by atoms with E-state index in [9.17, 15) is 4.79 Å². The van der Waals surface area contributed by atoms with Gasteiger partial charge in [-0.25, -0.2) is 9.78 Å². The standard InChI is InChI=1S/C7H11N3OS/c1-5(4-10-7(8)11)6-9-2-3-12-6/h2-3,5H,4H2,1H3,(H3,8,10,11). The van der Waals surface area contributed by atoms with Gasteiger partial charge in [0.15, 0.2) is 0 Å². The molecule has 0 saturated carbocycles. The van der Waals surface area contributed by atoms with Crippen molar-refractivity contribution >= 4 is 17.4 Å². The Morgan fingerprint density at radius 3 is 3.17 bits per heavy atom. The Morgan fingerprint density at radius 1 is 1.92 bits per heavy atom. The number of carbonyl (C=O) groups excluding carboxylic acids is 1. The third-order valence-electron chi connectivity index (χ3n) is 1.46. The van der Waals surface area contributed by atoms with Gasteiger partial charge in [-0.1, -0.05) is 6.92 Å². The van der Waals surface area contributed by atoms with Crippen LogP contribution in [0.3, 0.4) is 0 Å². The number of urea groups is 1. The number of nitrogens with zero attached hydrogens (tertiary/aromatic N) is 1. The molecule has 1 rings (SSSR count). The van der Waals surface area contributed by atoms with Crippen LogP contribution < -0.4 is 11.1 Å². The van der Waals surface area contributed by atoms with Crippen LogP contribution in [0.2, 0.25) is 0 Å². The molecule has 0 bridgehead atoms. The van der Waals surface area contributed by atoms with Crippen LogP contribution in [0.4, 0.5) is 4.79 Å². The lowest BCUT2D eigenvalue weighted by atomic mass is 10.2. The zero-order chi connectivity index (χ0) is 8.97. The van der Waals surface area contributed by atoms with Gasteiger partial charge >= 0.3 is 6.03 Å². The number of hydrogen-bond donors (Lipinski definition) is 2. The van der Waals surface area contributed by atoms with Crippen molar-refractivity contribution in [2.75, 3.05) is 6.54 Å². The smallest absolute Gasteiger partial charge is 0.312 e. The van der Waals surface area contributed by atoms with E-state index >= 15 is 0 Å². The molecular weight excluding hydrogens is 174 g/mol. The van der Waals surface area contributed by atoms with Crippen molar-refractivity contribution in [2.45, 2.75) is 12.8 Å². The summed E-state index contributed by atoms with van der Waals surface area (Å²) in [7, 11) is 0. The third-order valence-corrected chi connectivity index (χ3v) is 2.46. The Morgan fingerprint density at radius 2 is 2.67 bits per heavy atom. The van der Waals surface area contributed by atoms with Gasteiger partial charge in [0.1, 0.15) is 0 Å². The van der Waals surface area contributed by atoms with Gasteiger partial charge in [-0.05, 0) is 0 Å². The van der Waals surface area contributed by atoms with Crippen LogP contribution in [0, 0.1) is 0 Å². The molecule has 4 nitrogen and oxygen atoms in total. The Bertz CT molecular complexity index is 247. The van der Waals surface area contributed by atoms with Gasteiger partial charge in [0.25, 0.3) is 0 Å². The first-order valence-electron chi connectivity index (χ1n) is 3.63. The van der Waals surface area contributed by atoms with Gasteiger partial charge in [-0.3, -0.25) is 0 Å². The fourth-order valence-electron chi connectivity index (χ4n) is 0.819. The number of thiazole rings is 1. The molecule has 0 spiro atoms. The number of hydrogen-bond acceptors (Lipinski definition) is 3. The highest BCUT2D eigenvalue weighted by molar-refractivity contribution is 7.09. The summed E-state index contributed by atoms with van der Waals surface area (Å²) in [6.45, 7) is 2.54. The summed E-state index contributed by atoms with van der Waals surface area (Å²) in [6, 6.07) is -0.488. The lowest BCUT2D eigenvalue weighted by Crippen LogP contribution is -2.32. The van der Waals surface area contributed by atoms with Crippen molar-refractivity contribution in [2.24, 2.45) is 5.73 Å². The Hall–Kier alpha value is -1.10. The van der Waals surface area contributed by atoms with E-state index in [0.29, 0.717) is 6.54 Å². The van der Waals surface area contributed by atoms with E-state index in [0.717, 1.165) is 5.01 Å². The minimum atomic E-state index is -0.488. The Balaban J connectivity index is 2.39. The van der Waals surface area contributed by atoms with Crippen LogP contribution >= 0.6 is 11.3 Å². The predicted octanol–water partition coefficient (Wildman–Crippen LogP) is 0.915. The van der Waals surface area contributed by atoms with Crippen molar-refractivity contribution in [1.82, 2.24) is 10.3 Å². The minimum Gasteiger partial charge on any atom is -0.352 e. The molecule has 5 heteroatoms. The lowest BCUT2D eigenvalue weighted by Gasteiger charge is -2.07. The highest BCUT2D eigenvalue weighted by Gasteiger charge is 2.07. The summed E-state index contributed by atoms with van der Waals surface area (Å²) in [5, 5.41) is 5.47. The molecule has 0 aliphatic rings. The monoisotopic (exact) mass is 185 g/mol. The van der Waals surface area contributed by atoms with Crippen LogP contribution in [-0.2, 0) is 0 Å². The molecule has 1 heterocycles. The average molecular weight is 185 g/mol. The van der Waals surface area contributed by atoms with E-state index < -0.39 is 6.03 Å². The number of nitrogens with two attached hydrogens (primary N) is 1. The molecule has 66 valence electrons. The summed E-state index contributed by atoms with van der Waals surface area (Å²) in [5.74, 6) is 0.234. The molecular formula is C7H11N3OS. The lowest BCUT2D eigenvalue weighted by molar-refractivity contribution is 0.248. The second-order valence-corrected chi connectivity index (χ2v) is 3.44. The van der Waals surface area contributed by atoms with Crippen LogP contribution in [-0.4, -0.2) is 17.6 Å². The highest BCUT2D eigenvalue weighted by Crippen LogP contribution is 2.15. The van der Waals surface area contributed by atoms with Crippen LogP contribution in [0.25, 0.3) is 0 Å². The number of rotatable bonds is 3. The van der Waals surface area contributed by atoms with E-state index in [4.69, 9.17) is 5.73 Å². The molecule has 3 N–H and O–H groups in total. The van der Waals surface area contributed by atoms with E-state index in [-0.39, 0.29) is 5.92 Å². The normalized spacial score (nSPS) is 12.4. The topological polar surface area (TPSA) is 68.0 Å². The molecule has 1 atom stereocenters. The summed E-state index contributed by atoms with van der Waals surface area (Å²) in [6.07, 6.45) is 1.75. The fraction of sp³-hybridized carbons (Fsp3) is 0.429. The molecule has 1 unspecified atom stereocenters. The molecule has 0 fully saturated rings.